The van der Waals surface area contributed by atoms with Gasteiger partial charge in [0, 0.05) is 13.2 Å². The van der Waals surface area contributed by atoms with E-state index in [1.807, 2.05) is 19.2 Å². The van der Waals surface area contributed by atoms with Crippen molar-refractivity contribution in [2.75, 3.05) is 21.3 Å². The van der Waals surface area contributed by atoms with Crippen LogP contribution in [0.15, 0.2) is 24.3 Å². The van der Waals surface area contributed by atoms with Crippen LogP contribution in [-0.2, 0) is 4.74 Å². The lowest BCUT2D eigenvalue weighted by Gasteiger charge is -2.28. The molecule has 0 saturated heterocycles. The van der Waals surface area contributed by atoms with Gasteiger partial charge in [-0.25, -0.2) is 0 Å². The van der Waals surface area contributed by atoms with Crippen LogP contribution in [0.25, 0.3) is 0 Å². The zero-order valence-corrected chi connectivity index (χ0v) is 11.4. The van der Waals surface area contributed by atoms with E-state index in [1.54, 1.807) is 14.2 Å². The normalized spacial score (nSPS) is 13.5. The largest absolute Gasteiger partial charge is 0.497 e. The van der Waals surface area contributed by atoms with Crippen LogP contribution in [0, 0.1) is 0 Å². The first-order chi connectivity index (χ1) is 8.02. The molecule has 1 aromatic carbocycles. The van der Waals surface area contributed by atoms with Gasteiger partial charge in [0.1, 0.15) is 5.75 Å². The van der Waals surface area contributed by atoms with Crippen LogP contribution in [0.3, 0.4) is 0 Å². The van der Waals surface area contributed by atoms with Crippen molar-refractivity contribution in [1.29, 1.82) is 0 Å². The minimum atomic E-state index is -0.131. The summed E-state index contributed by atoms with van der Waals surface area (Å²) in [4.78, 5) is 0. The highest BCUT2D eigenvalue weighted by molar-refractivity contribution is 5.29. The van der Waals surface area contributed by atoms with Crippen LogP contribution in [0.4, 0.5) is 0 Å². The Morgan fingerprint density at radius 3 is 2.18 bits per heavy atom. The first-order valence-corrected chi connectivity index (χ1v) is 5.89. The first-order valence-electron chi connectivity index (χ1n) is 5.89. The van der Waals surface area contributed by atoms with Crippen molar-refractivity contribution in [2.45, 2.75) is 31.9 Å². The third kappa shape index (κ3) is 4.02. The summed E-state index contributed by atoms with van der Waals surface area (Å²) in [7, 11) is 5.40. The average Bonchev–Trinajstić information content (AvgIpc) is 2.36. The number of hydrogen-bond acceptors (Lipinski definition) is 3. The highest BCUT2D eigenvalue weighted by Crippen LogP contribution is 2.26. The predicted molar refractivity (Wildman–Crippen MR) is 70.5 cm³/mol. The van der Waals surface area contributed by atoms with E-state index in [1.165, 1.54) is 5.56 Å². The summed E-state index contributed by atoms with van der Waals surface area (Å²) in [6.45, 7) is 4.20. The van der Waals surface area contributed by atoms with Gasteiger partial charge in [-0.3, -0.25) is 0 Å². The molecular weight excluding hydrogens is 214 g/mol. The first kappa shape index (κ1) is 14.0. The van der Waals surface area contributed by atoms with E-state index in [0.717, 1.165) is 12.2 Å². The zero-order chi connectivity index (χ0) is 12.9. The van der Waals surface area contributed by atoms with Crippen LogP contribution in [0.1, 0.15) is 31.9 Å². The van der Waals surface area contributed by atoms with Crippen molar-refractivity contribution in [3.05, 3.63) is 29.8 Å². The molecule has 17 heavy (non-hydrogen) atoms. The molecule has 0 aliphatic rings. The molecule has 0 spiro atoms. The lowest BCUT2D eigenvalue weighted by molar-refractivity contribution is 0.00744. The molecule has 1 atom stereocenters. The van der Waals surface area contributed by atoms with Gasteiger partial charge < -0.3 is 14.8 Å². The van der Waals surface area contributed by atoms with E-state index in [4.69, 9.17) is 9.47 Å². The van der Waals surface area contributed by atoms with Crippen molar-refractivity contribution in [3.63, 3.8) is 0 Å². The van der Waals surface area contributed by atoms with Crippen LogP contribution in [0.5, 0.6) is 5.75 Å². The van der Waals surface area contributed by atoms with E-state index in [0.29, 0.717) is 0 Å². The minimum Gasteiger partial charge on any atom is -0.497 e. The molecule has 3 heteroatoms. The Balaban J connectivity index is 2.79. The van der Waals surface area contributed by atoms with Crippen LogP contribution in [0.2, 0.25) is 0 Å². The molecule has 0 radical (unpaired) electrons. The highest BCUT2D eigenvalue weighted by Gasteiger charge is 2.22. The molecule has 0 amide bonds. The maximum atomic E-state index is 5.47. The summed E-state index contributed by atoms with van der Waals surface area (Å²) in [6.07, 6.45) is 0.923. The van der Waals surface area contributed by atoms with Crippen molar-refractivity contribution in [2.24, 2.45) is 0 Å². The summed E-state index contributed by atoms with van der Waals surface area (Å²) in [6, 6.07) is 8.44. The van der Waals surface area contributed by atoms with E-state index < -0.39 is 0 Å². The van der Waals surface area contributed by atoms with Gasteiger partial charge in [0.15, 0.2) is 0 Å². The second-order valence-electron chi connectivity index (χ2n) is 4.78. The number of benzene rings is 1. The molecule has 0 bridgehead atoms. The number of ether oxygens (including phenoxy) is 2. The summed E-state index contributed by atoms with van der Waals surface area (Å²) < 4.78 is 10.6. The van der Waals surface area contributed by atoms with Crippen molar-refractivity contribution in [1.82, 2.24) is 5.32 Å². The standard InChI is InChI=1S/C14H23NO2/c1-14(2,17-5)10-13(15-3)11-6-8-12(16-4)9-7-11/h6-9,13,15H,10H2,1-5H3. The van der Waals surface area contributed by atoms with Crippen LogP contribution < -0.4 is 10.1 Å². The minimum absolute atomic E-state index is 0.131. The highest BCUT2D eigenvalue weighted by atomic mass is 16.5. The quantitative estimate of drug-likeness (QED) is 0.825. The van der Waals surface area contributed by atoms with Crippen molar-refractivity contribution in [3.8, 4) is 5.75 Å². The lowest BCUT2D eigenvalue weighted by atomic mass is 9.94. The van der Waals surface area contributed by atoms with Crippen molar-refractivity contribution >= 4 is 0 Å². The van der Waals surface area contributed by atoms with E-state index in [2.05, 4.69) is 31.3 Å². The molecular formula is C14H23NO2. The Hall–Kier alpha value is -1.06. The molecule has 1 N–H and O–H groups in total. The van der Waals surface area contributed by atoms with Gasteiger partial charge >= 0.3 is 0 Å². The SMILES string of the molecule is CNC(CC(C)(C)OC)c1ccc(OC)cc1. The molecule has 1 rings (SSSR count). The molecule has 0 aromatic heterocycles. The monoisotopic (exact) mass is 237 g/mol. The molecule has 0 aliphatic heterocycles. The van der Waals surface area contributed by atoms with Crippen LogP contribution >= 0.6 is 0 Å². The summed E-state index contributed by atoms with van der Waals surface area (Å²) in [5.41, 5.74) is 1.12. The zero-order valence-electron chi connectivity index (χ0n) is 11.4. The lowest BCUT2D eigenvalue weighted by Crippen LogP contribution is -2.30. The van der Waals surface area contributed by atoms with Crippen LogP contribution in [-0.4, -0.2) is 26.9 Å². The molecule has 0 aliphatic carbocycles. The third-order valence-corrected chi connectivity index (χ3v) is 3.11. The summed E-state index contributed by atoms with van der Waals surface area (Å²) >= 11 is 0. The maximum absolute atomic E-state index is 5.47. The second kappa shape index (κ2) is 6.03. The van der Waals surface area contributed by atoms with Gasteiger partial charge in [0.2, 0.25) is 0 Å². The Labute approximate surface area is 104 Å². The predicted octanol–water partition coefficient (Wildman–Crippen LogP) is 2.77. The second-order valence-corrected chi connectivity index (χ2v) is 4.78. The van der Waals surface area contributed by atoms with Gasteiger partial charge in [0.25, 0.3) is 0 Å². The number of methoxy groups -OCH3 is 2. The van der Waals surface area contributed by atoms with Gasteiger partial charge in [-0.15, -0.1) is 0 Å². The topological polar surface area (TPSA) is 30.5 Å². The molecule has 1 unspecified atom stereocenters. The smallest absolute Gasteiger partial charge is 0.118 e. The van der Waals surface area contributed by atoms with Gasteiger partial charge in [0.05, 0.1) is 12.7 Å². The molecule has 3 nitrogen and oxygen atoms in total. The van der Waals surface area contributed by atoms with Gasteiger partial charge in [-0.1, -0.05) is 12.1 Å². The molecule has 0 fully saturated rings. The Kier molecular flexibility index (Phi) is 4.97. The fourth-order valence-electron chi connectivity index (χ4n) is 1.80. The number of nitrogens with one attached hydrogen (secondary N) is 1. The molecule has 0 saturated carbocycles. The van der Waals surface area contributed by atoms with E-state index in [9.17, 15) is 0 Å². The molecule has 1 aromatic rings. The Morgan fingerprint density at radius 2 is 1.76 bits per heavy atom. The van der Waals surface area contributed by atoms with E-state index in [-0.39, 0.29) is 11.6 Å². The van der Waals surface area contributed by atoms with Crippen molar-refractivity contribution < 1.29 is 9.47 Å². The third-order valence-electron chi connectivity index (χ3n) is 3.11. The van der Waals surface area contributed by atoms with Gasteiger partial charge in [-0.05, 0) is 45.0 Å². The Morgan fingerprint density at radius 1 is 1.18 bits per heavy atom. The number of rotatable bonds is 6. The van der Waals surface area contributed by atoms with Gasteiger partial charge in [-0.2, -0.15) is 0 Å². The molecule has 96 valence electrons. The average molecular weight is 237 g/mol. The number of hydrogen-bond donors (Lipinski definition) is 1. The van der Waals surface area contributed by atoms with E-state index >= 15 is 0 Å². The fraction of sp³-hybridized carbons (Fsp3) is 0.571. The molecule has 0 heterocycles. The summed E-state index contributed by atoms with van der Waals surface area (Å²) in [5, 5.41) is 3.33. The fourth-order valence-corrected chi connectivity index (χ4v) is 1.80. The summed E-state index contributed by atoms with van der Waals surface area (Å²) in [5.74, 6) is 0.884. The maximum Gasteiger partial charge on any atom is 0.118 e. The Bertz CT molecular complexity index is 333.